The first-order chi connectivity index (χ1) is 5.77. The minimum atomic E-state index is -0.0302. The number of H-pyrrole nitrogens is 1. The third-order valence-corrected chi connectivity index (χ3v) is 1.84. The normalized spacial score (nSPS) is 12.5. The van der Waals surface area contributed by atoms with Crippen LogP contribution in [0.25, 0.3) is 11.0 Å². The summed E-state index contributed by atoms with van der Waals surface area (Å²) >= 11 is 0. The average Bonchev–Trinajstić information content (AvgIpc) is 2.46. The van der Waals surface area contributed by atoms with Crippen LogP contribution in [0.1, 0.15) is 18.8 Å². The van der Waals surface area contributed by atoms with Crippen molar-refractivity contribution in [3.63, 3.8) is 0 Å². The Hall–Kier alpha value is -1.06. The van der Waals surface area contributed by atoms with Gasteiger partial charge in [0, 0.05) is 0 Å². The number of rotatable bonds is 1. The molecule has 0 saturated carbocycles. The predicted molar refractivity (Wildman–Crippen MR) is 55.9 cm³/mol. The average molecular weight is 198 g/mol. The molecule has 0 spiro atoms. The van der Waals surface area contributed by atoms with Crippen molar-refractivity contribution in [2.24, 2.45) is 5.73 Å². The minimum Gasteiger partial charge on any atom is -0.341 e. The van der Waals surface area contributed by atoms with Crippen molar-refractivity contribution in [3.8, 4) is 0 Å². The monoisotopic (exact) mass is 197 g/mol. The molecule has 13 heavy (non-hydrogen) atoms. The second-order valence-corrected chi connectivity index (χ2v) is 2.93. The third-order valence-electron chi connectivity index (χ3n) is 1.84. The maximum atomic E-state index is 5.68. The Bertz CT molecular complexity index is 361. The zero-order valence-electron chi connectivity index (χ0n) is 7.32. The fraction of sp³-hybridized carbons (Fsp3) is 0.222. The zero-order valence-corrected chi connectivity index (χ0v) is 8.14. The SMILES string of the molecule is C[C@@H](N)c1nc2ccccc2[nH]1.Cl. The van der Waals surface area contributed by atoms with Gasteiger partial charge in [0.05, 0.1) is 17.1 Å². The van der Waals surface area contributed by atoms with Gasteiger partial charge in [-0.2, -0.15) is 0 Å². The molecule has 2 rings (SSSR count). The van der Waals surface area contributed by atoms with Crippen LogP contribution < -0.4 is 5.73 Å². The smallest absolute Gasteiger partial charge is 0.123 e. The number of halogens is 1. The fourth-order valence-corrected chi connectivity index (χ4v) is 1.19. The maximum Gasteiger partial charge on any atom is 0.123 e. The summed E-state index contributed by atoms with van der Waals surface area (Å²) in [6.45, 7) is 1.91. The molecule has 0 fully saturated rings. The van der Waals surface area contributed by atoms with Crippen LogP contribution in [0.3, 0.4) is 0 Å². The van der Waals surface area contributed by atoms with Gasteiger partial charge in [0.25, 0.3) is 0 Å². The van der Waals surface area contributed by atoms with Gasteiger partial charge in [-0.1, -0.05) is 12.1 Å². The Kier molecular flexibility index (Phi) is 2.90. The molecular formula is C9H12ClN3. The largest absolute Gasteiger partial charge is 0.341 e. The number of nitrogens with one attached hydrogen (secondary N) is 1. The van der Waals surface area contributed by atoms with E-state index in [0.29, 0.717) is 0 Å². The summed E-state index contributed by atoms with van der Waals surface area (Å²) in [7, 11) is 0. The summed E-state index contributed by atoms with van der Waals surface area (Å²) in [6, 6.07) is 7.88. The third kappa shape index (κ3) is 1.82. The van der Waals surface area contributed by atoms with Gasteiger partial charge in [-0.3, -0.25) is 0 Å². The molecule has 1 heterocycles. The van der Waals surface area contributed by atoms with Crippen molar-refractivity contribution in [2.45, 2.75) is 13.0 Å². The minimum absolute atomic E-state index is 0. The number of aromatic amines is 1. The van der Waals surface area contributed by atoms with Crippen molar-refractivity contribution in [1.82, 2.24) is 9.97 Å². The van der Waals surface area contributed by atoms with E-state index in [0.717, 1.165) is 16.9 Å². The molecule has 1 atom stereocenters. The molecule has 0 unspecified atom stereocenters. The highest BCUT2D eigenvalue weighted by Crippen LogP contribution is 2.13. The summed E-state index contributed by atoms with van der Waals surface area (Å²) in [4.78, 5) is 7.49. The number of nitrogens with two attached hydrogens (primary N) is 1. The van der Waals surface area contributed by atoms with E-state index < -0.39 is 0 Å². The molecule has 0 radical (unpaired) electrons. The van der Waals surface area contributed by atoms with E-state index in [1.165, 1.54) is 0 Å². The van der Waals surface area contributed by atoms with Crippen LogP contribution in [0.5, 0.6) is 0 Å². The van der Waals surface area contributed by atoms with Crippen molar-refractivity contribution in [2.75, 3.05) is 0 Å². The second kappa shape index (κ2) is 3.77. The lowest BCUT2D eigenvalue weighted by molar-refractivity contribution is 0.760. The summed E-state index contributed by atoms with van der Waals surface area (Å²) in [6.07, 6.45) is 0. The highest BCUT2D eigenvalue weighted by atomic mass is 35.5. The van der Waals surface area contributed by atoms with Gasteiger partial charge in [-0.15, -0.1) is 12.4 Å². The van der Waals surface area contributed by atoms with E-state index in [1.807, 2.05) is 31.2 Å². The van der Waals surface area contributed by atoms with Gasteiger partial charge in [-0.05, 0) is 19.1 Å². The van der Waals surface area contributed by atoms with Crippen LogP contribution in [-0.4, -0.2) is 9.97 Å². The van der Waals surface area contributed by atoms with E-state index >= 15 is 0 Å². The highest BCUT2D eigenvalue weighted by Gasteiger charge is 2.04. The lowest BCUT2D eigenvalue weighted by atomic mass is 10.3. The molecule has 0 aliphatic carbocycles. The number of aromatic nitrogens is 2. The molecule has 0 aliphatic rings. The van der Waals surface area contributed by atoms with Gasteiger partial charge in [-0.25, -0.2) is 4.98 Å². The topological polar surface area (TPSA) is 54.7 Å². The Morgan fingerprint density at radius 1 is 1.38 bits per heavy atom. The van der Waals surface area contributed by atoms with Crippen molar-refractivity contribution in [1.29, 1.82) is 0 Å². The number of imidazole rings is 1. The quantitative estimate of drug-likeness (QED) is 0.735. The fourth-order valence-electron chi connectivity index (χ4n) is 1.19. The molecule has 0 saturated heterocycles. The molecule has 1 aromatic heterocycles. The van der Waals surface area contributed by atoms with E-state index in [1.54, 1.807) is 0 Å². The van der Waals surface area contributed by atoms with Gasteiger partial charge in [0.1, 0.15) is 5.82 Å². The van der Waals surface area contributed by atoms with Crippen molar-refractivity contribution >= 4 is 23.4 Å². The molecule has 70 valence electrons. The Morgan fingerprint density at radius 3 is 2.69 bits per heavy atom. The van der Waals surface area contributed by atoms with Crippen LogP contribution in [0.15, 0.2) is 24.3 Å². The first kappa shape index (κ1) is 10.0. The molecule has 3 nitrogen and oxygen atoms in total. The number of hydrogen-bond acceptors (Lipinski definition) is 2. The Balaban J connectivity index is 0.000000845. The standard InChI is InChI=1S/C9H11N3.ClH/c1-6(10)9-11-7-4-2-3-5-8(7)12-9;/h2-6H,10H2,1H3,(H,11,12);1H/t6-;/m1./s1. The molecular weight excluding hydrogens is 186 g/mol. The first-order valence-corrected chi connectivity index (χ1v) is 3.97. The maximum absolute atomic E-state index is 5.68. The van der Waals surface area contributed by atoms with Crippen LogP contribution in [0.4, 0.5) is 0 Å². The molecule has 1 aromatic carbocycles. The van der Waals surface area contributed by atoms with Crippen molar-refractivity contribution in [3.05, 3.63) is 30.1 Å². The molecule has 3 N–H and O–H groups in total. The van der Waals surface area contributed by atoms with E-state index in [-0.39, 0.29) is 18.4 Å². The summed E-state index contributed by atoms with van der Waals surface area (Å²) < 4.78 is 0. The van der Waals surface area contributed by atoms with Crippen LogP contribution in [0, 0.1) is 0 Å². The highest BCUT2D eigenvalue weighted by molar-refractivity contribution is 5.85. The Morgan fingerprint density at radius 2 is 2.08 bits per heavy atom. The molecule has 4 heteroatoms. The van der Waals surface area contributed by atoms with Crippen molar-refractivity contribution < 1.29 is 0 Å². The predicted octanol–water partition coefficient (Wildman–Crippen LogP) is 2.00. The lowest BCUT2D eigenvalue weighted by Crippen LogP contribution is -2.06. The Labute approximate surface area is 82.8 Å². The number of para-hydroxylation sites is 2. The van der Waals surface area contributed by atoms with E-state index in [2.05, 4.69) is 9.97 Å². The van der Waals surface area contributed by atoms with Gasteiger partial charge in [0.2, 0.25) is 0 Å². The first-order valence-electron chi connectivity index (χ1n) is 3.97. The molecule has 0 aliphatic heterocycles. The van der Waals surface area contributed by atoms with E-state index in [9.17, 15) is 0 Å². The molecule has 0 bridgehead atoms. The lowest BCUT2D eigenvalue weighted by Gasteiger charge is -1.96. The van der Waals surface area contributed by atoms with Crippen LogP contribution in [0.2, 0.25) is 0 Å². The second-order valence-electron chi connectivity index (χ2n) is 2.93. The van der Waals surface area contributed by atoms with E-state index in [4.69, 9.17) is 5.73 Å². The number of fused-ring (bicyclic) bond motifs is 1. The summed E-state index contributed by atoms with van der Waals surface area (Å²) in [5, 5.41) is 0. The summed E-state index contributed by atoms with van der Waals surface area (Å²) in [5.74, 6) is 0.844. The zero-order chi connectivity index (χ0) is 8.55. The number of nitrogens with zero attached hydrogens (tertiary/aromatic N) is 1. The molecule has 2 aromatic rings. The van der Waals surface area contributed by atoms with Gasteiger partial charge in [0.15, 0.2) is 0 Å². The molecule has 0 amide bonds. The number of benzene rings is 1. The summed E-state index contributed by atoms with van der Waals surface area (Å²) in [5.41, 5.74) is 7.71. The van der Waals surface area contributed by atoms with Crippen LogP contribution >= 0.6 is 12.4 Å². The van der Waals surface area contributed by atoms with Crippen LogP contribution in [-0.2, 0) is 0 Å². The van der Waals surface area contributed by atoms with Gasteiger partial charge < -0.3 is 10.7 Å². The van der Waals surface area contributed by atoms with Gasteiger partial charge >= 0.3 is 0 Å². The number of hydrogen-bond donors (Lipinski definition) is 2.